The number of thioether (sulfide) groups is 1. The van der Waals surface area contributed by atoms with Gasteiger partial charge in [0, 0.05) is 30.1 Å². The van der Waals surface area contributed by atoms with Crippen LogP contribution in [0.3, 0.4) is 0 Å². The second-order valence-corrected chi connectivity index (χ2v) is 6.19. The van der Waals surface area contributed by atoms with Gasteiger partial charge in [-0.05, 0) is 25.5 Å². The zero-order valence-electron chi connectivity index (χ0n) is 9.16. The van der Waals surface area contributed by atoms with Crippen LogP contribution in [0.4, 0.5) is 0 Å². The molecule has 0 amide bonds. The maximum absolute atomic E-state index is 4.47. The third-order valence-corrected chi connectivity index (χ3v) is 4.68. The number of nitrogens with one attached hydrogen (secondary N) is 1. The van der Waals surface area contributed by atoms with E-state index in [9.17, 15) is 0 Å². The predicted octanol–water partition coefficient (Wildman–Crippen LogP) is 2.48. The molecule has 1 aromatic rings. The predicted molar refractivity (Wildman–Crippen MR) is 68.9 cm³/mol. The minimum absolute atomic E-state index is 0.739. The quantitative estimate of drug-likeness (QED) is 0.878. The monoisotopic (exact) mass is 242 g/mol. The Bertz CT molecular complexity index is 293. The molecule has 1 aliphatic heterocycles. The van der Waals surface area contributed by atoms with Crippen LogP contribution in [-0.4, -0.2) is 29.1 Å². The van der Waals surface area contributed by atoms with Gasteiger partial charge in [0.15, 0.2) is 0 Å². The molecule has 84 valence electrons. The number of aryl methyl sites for hydroxylation is 1. The number of aromatic nitrogens is 1. The molecule has 0 aromatic carbocycles. The van der Waals surface area contributed by atoms with Gasteiger partial charge < -0.3 is 5.32 Å². The molecule has 0 saturated carbocycles. The first kappa shape index (κ1) is 11.4. The fourth-order valence-electron chi connectivity index (χ4n) is 1.83. The lowest BCUT2D eigenvalue weighted by atomic mass is 10.2. The molecule has 4 heteroatoms. The minimum atomic E-state index is 0.739. The normalized spacial score (nSPS) is 21.8. The van der Waals surface area contributed by atoms with Crippen molar-refractivity contribution >= 4 is 23.1 Å². The number of hydrogen-bond acceptors (Lipinski definition) is 4. The van der Waals surface area contributed by atoms with Gasteiger partial charge in [0.2, 0.25) is 0 Å². The highest BCUT2D eigenvalue weighted by molar-refractivity contribution is 7.99. The summed E-state index contributed by atoms with van der Waals surface area (Å²) in [5, 5.41) is 6.98. The molecule has 1 unspecified atom stereocenters. The topological polar surface area (TPSA) is 24.9 Å². The molecule has 1 N–H and O–H groups in total. The summed E-state index contributed by atoms with van der Waals surface area (Å²) in [4.78, 5) is 4.47. The summed E-state index contributed by atoms with van der Waals surface area (Å²) in [5.41, 5.74) is 1.24. The smallest absolute Gasteiger partial charge is 0.0897 e. The number of hydrogen-bond donors (Lipinski definition) is 1. The fraction of sp³-hybridized carbons (Fsp3) is 0.727. The average Bonchev–Trinajstić information content (AvgIpc) is 2.66. The van der Waals surface area contributed by atoms with Gasteiger partial charge in [-0.15, -0.1) is 11.3 Å². The van der Waals surface area contributed by atoms with Crippen LogP contribution in [0.25, 0.3) is 0 Å². The highest BCUT2D eigenvalue weighted by Crippen LogP contribution is 2.16. The first-order valence-corrected chi connectivity index (χ1v) is 7.60. The molecule has 15 heavy (non-hydrogen) atoms. The van der Waals surface area contributed by atoms with Crippen LogP contribution in [0.5, 0.6) is 0 Å². The van der Waals surface area contributed by atoms with Crippen LogP contribution in [0, 0.1) is 6.92 Å². The van der Waals surface area contributed by atoms with Crippen molar-refractivity contribution in [1.82, 2.24) is 10.3 Å². The summed E-state index contributed by atoms with van der Waals surface area (Å²) in [7, 11) is 0. The summed E-state index contributed by atoms with van der Waals surface area (Å²) < 4.78 is 0. The van der Waals surface area contributed by atoms with E-state index in [0.717, 1.165) is 19.0 Å². The first-order valence-electron chi connectivity index (χ1n) is 5.57. The first-order chi connectivity index (χ1) is 7.34. The minimum Gasteiger partial charge on any atom is -0.313 e. The summed E-state index contributed by atoms with van der Waals surface area (Å²) >= 11 is 3.82. The maximum Gasteiger partial charge on any atom is 0.0897 e. The van der Waals surface area contributed by atoms with Gasteiger partial charge in [-0.2, -0.15) is 11.8 Å². The SMILES string of the molecule is Cc1nc(CCNC2CCCSC2)cs1. The Morgan fingerprint density at radius 3 is 3.20 bits per heavy atom. The average molecular weight is 242 g/mol. The molecule has 1 atom stereocenters. The van der Waals surface area contributed by atoms with E-state index in [1.807, 2.05) is 0 Å². The number of nitrogens with zero attached hydrogens (tertiary/aromatic N) is 1. The molecule has 1 fully saturated rings. The van der Waals surface area contributed by atoms with Crippen LogP contribution in [0.2, 0.25) is 0 Å². The number of rotatable bonds is 4. The Morgan fingerprint density at radius 1 is 1.60 bits per heavy atom. The molecular weight excluding hydrogens is 224 g/mol. The Labute approximate surface area is 99.9 Å². The van der Waals surface area contributed by atoms with E-state index in [-0.39, 0.29) is 0 Å². The molecule has 1 aliphatic rings. The van der Waals surface area contributed by atoms with Crippen LogP contribution in [0.15, 0.2) is 5.38 Å². The molecule has 1 saturated heterocycles. The molecule has 0 radical (unpaired) electrons. The molecule has 2 rings (SSSR count). The highest BCUT2D eigenvalue weighted by Gasteiger charge is 2.12. The van der Waals surface area contributed by atoms with Crippen molar-refractivity contribution in [2.45, 2.75) is 32.2 Å². The third kappa shape index (κ3) is 3.78. The molecule has 0 aliphatic carbocycles. The van der Waals surface area contributed by atoms with E-state index >= 15 is 0 Å². The van der Waals surface area contributed by atoms with Crippen molar-refractivity contribution in [3.05, 3.63) is 16.1 Å². The van der Waals surface area contributed by atoms with E-state index in [4.69, 9.17) is 0 Å². The van der Waals surface area contributed by atoms with Crippen molar-refractivity contribution in [2.24, 2.45) is 0 Å². The Hall–Kier alpha value is -0.0600. The Balaban J connectivity index is 1.65. The Kier molecular flexibility index (Phi) is 4.47. The maximum atomic E-state index is 4.47. The molecule has 2 heterocycles. The van der Waals surface area contributed by atoms with Crippen molar-refractivity contribution in [2.75, 3.05) is 18.1 Å². The lowest BCUT2D eigenvalue weighted by molar-refractivity contribution is 0.510. The van der Waals surface area contributed by atoms with Crippen molar-refractivity contribution < 1.29 is 0 Å². The summed E-state index contributed by atoms with van der Waals surface area (Å²) in [5.74, 6) is 2.64. The summed E-state index contributed by atoms with van der Waals surface area (Å²) in [6.45, 7) is 3.15. The fourth-order valence-corrected chi connectivity index (χ4v) is 3.58. The summed E-state index contributed by atoms with van der Waals surface area (Å²) in [6.07, 6.45) is 3.80. The molecule has 0 spiro atoms. The highest BCUT2D eigenvalue weighted by atomic mass is 32.2. The van der Waals surface area contributed by atoms with Gasteiger partial charge in [-0.3, -0.25) is 0 Å². The summed E-state index contributed by atoms with van der Waals surface area (Å²) in [6, 6.07) is 0.739. The van der Waals surface area contributed by atoms with Crippen LogP contribution >= 0.6 is 23.1 Å². The van der Waals surface area contributed by atoms with E-state index in [0.29, 0.717) is 0 Å². The van der Waals surface area contributed by atoms with Crippen LogP contribution < -0.4 is 5.32 Å². The largest absolute Gasteiger partial charge is 0.313 e. The van der Waals surface area contributed by atoms with Gasteiger partial charge in [0.25, 0.3) is 0 Å². The van der Waals surface area contributed by atoms with Gasteiger partial charge in [-0.25, -0.2) is 4.98 Å². The van der Waals surface area contributed by atoms with E-state index < -0.39 is 0 Å². The van der Waals surface area contributed by atoms with Gasteiger partial charge in [0.05, 0.1) is 10.7 Å². The molecule has 0 bridgehead atoms. The Morgan fingerprint density at radius 2 is 2.53 bits per heavy atom. The van der Waals surface area contributed by atoms with Crippen LogP contribution in [0.1, 0.15) is 23.5 Å². The number of thiazole rings is 1. The van der Waals surface area contributed by atoms with Crippen molar-refractivity contribution in [3.63, 3.8) is 0 Å². The molecular formula is C11H18N2S2. The zero-order chi connectivity index (χ0) is 10.5. The lowest BCUT2D eigenvalue weighted by Gasteiger charge is -2.22. The van der Waals surface area contributed by atoms with Gasteiger partial charge in [-0.1, -0.05) is 0 Å². The lowest BCUT2D eigenvalue weighted by Crippen LogP contribution is -2.35. The van der Waals surface area contributed by atoms with E-state index in [1.165, 1.54) is 35.0 Å². The zero-order valence-corrected chi connectivity index (χ0v) is 10.8. The second-order valence-electron chi connectivity index (χ2n) is 3.98. The third-order valence-electron chi connectivity index (χ3n) is 2.64. The van der Waals surface area contributed by atoms with E-state index in [2.05, 4.69) is 34.4 Å². The van der Waals surface area contributed by atoms with Crippen molar-refractivity contribution in [1.29, 1.82) is 0 Å². The second kappa shape index (κ2) is 5.87. The van der Waals surface area contributed by atoms with Gasteiger partial charge >= 0.3 is 0 Å². The molecule has 2 nitrogen and oxygen atoms in total. The molecule has 1 aromatic heterocycles. The van der Waals surface area contributed by atoms with E-state index in [1.54, 1.807) is 11.3 Å². The standard InChI is InChI=1S/C11H18N2S2/c1-9-13-11(8-15-9)4-5-12-10-3-2-6-14-7-10/h8,10,12H,2-7H2,1H3. The van der Waals surface area contributed by atoms with Crippen LogP contribution in [-0.2, 0) is 6.42 Å². The van der Waals surface area contributed by atoms with Crippen molar-refractivity contribution in [3.8, 4) is 0 Å². The van der Waals surface area contributed by atoms with Gasteiger partial charge in [0.1, 0.15) is 0 Å².